The molecule has 0 aliphatic heterocycles. The summed E-state index contributed by atoms with van der Waals surface area (Å²) >= 11 is 6.27. The number of pyridine rings is 2. The second-order valence-electron chi connectivity index (χ2n) is 6.03. The van der Waals surface area contributed by atoms with Crippen LogP contribution in [-0.2, 0) is 0 Å². The summed E-state index contributed by atoms with van der Waals surface area (Å²) in [4.78, 5) is 20.9. The number of aliphatic hydroxyl groups is 1. The minimum absolute atomic E-state index is 0.279. The molecule has 0 radical (unpaired) electrons. The van der Waals surface area contributed by atoms with Crippen molar-refractivity contribution in [2.75, 3.05) is 17.2 Å². The van der Waals surface area contributed by atoms with Crippen molar-refractivity contribution in [3.63, 3.8) is 0 Å². The van der Waals surface area contributed by atoms with Gasteiger partial charge in [-0.25, -0.2) is 4.98 Å². The number of anilines is 2. The maximum Gasteiger partial charge on any atom is 0.257 e. The molecule has 0 bridgehead atoms. The summed E-state index contributed by atoms with van der Waals surface area (Å²) < 4.78 is 0. The van der Waals surface area contributed by atoms with Gasteiger partial charge in [0.2, 0.25) is 0 Å². The molecule has 0 saturated carbocycles. The topological polar surface area (TPSA) is 87.1 Å². The van der Waals surface area contributed by atoms with Gasteiger partial charge in [0.1, 0.15) is 5.82 Å². The second-order valence-corrected chi connectivity index (χ2v) is 6.43. The second kappa shape index (κ2) is 8.62. The van der Waals surface area contributed by atoms with Crippen molar-refractivity contribution in [2.24, 2.45) is 0 Å². The van der Waals surface area contributed by atoms with Crippen LogP contribution in [0.4, 0.5) is 11.5 Å². The highest BCUT2D eigenvalue weighted by atomic mass is 35.5. The van der Waals surface area contributed by atoms with Gasteiger partial charge in [0.15, 0.2) is 0 Å². The summed E-state index contributed by atoms with van der Waals surface area (Å²) in [6.45, 7) is 2.07. The molecule has 1 aromatic carbocycles. The highest BCUT2D eigenvalue weighted by Crippen LogP contribution is 2.29. The van der Waals surface area contributed by atoms with E-state index in [1.807, 2.05) is 18.2 Å². The molecular formula is C20H19ClN4O2. The van der Waals surface area contributed by atoms with Gasteiger partial charge in [0.05, 0.1) is 22.4 Å². The van der Waals surface area contributed by atoms with Crippen LogP contribution in [0.1, 0.15) is 17.3 Å². The van der Waals surface area contributed by atoms with Crippen LogP contribution < -0.4 is 10.6 Å². The Morgan fingerprint density at radius 3 is 2.70 bits per heavy atom. The number of nitrogens with one attached hydrogen (secondary N) is 2. The van der Waals surface area contributed by atoms with E-state index < -0.39 is 6.10 Å². The van der Waals surface area contributed by atoms with Gasteiger partial charge in [-0.1, -0.05) is 17.7 Å². The minimum atomic E-state index is -0.479. The third-order valence-corrected chi connectivity index (χ3v) is 4.10. The van der Waals surface area contributed by atoms with E-state index >= 15 is 0 Å². The van der Waals surface area contributed by atoms with Gasteiger partial charge in [0.25, 0.3) is 5.91 Å². The van der Waals surface area contributed by atoms with Crippen molar-refractivity contribution in [3.8, 4) is 11.3 Å². The van der Waals surface area contributed by atoms with Gasteiger partial charge in [-0.15, -0.1) is 0 Å². The number of amides is 1. The third kappa shape index (κ3) is 5.03. The van der Waals surface area contributed by atoms with Crippen molar-refractivity contribution in [3.05, 3.63) is 71.5 Å². The molecule has 3 N–H and O–H groups in total. The summed E-state index contributed by atoms with van der Waals surface area (Å²) in [6.07, 6.45) is 2.69. The van der Waals surface area contributed by atoms with E-state index in [2.05, 4.69) is 20.6 Å². The Morgan fingerprint density at radius 1 is 1.19 bits per heavy atom. The Kier molecular flexibility index (Phi) is 6.01. The first-order valence-electron chi connectivity index (χ1n) is 8.43. The Labute approximate surface area is 162 Å². The van der Waals surface area contributed by atoms with Crippen molar-refractivity contribution in [1.29, 1.82) is 0 Å². The predicted molar refractivity (Wildman–Crippen MR) is 107 cm³/mol. The molecule has 0 saturated heterocycles. The molecule has 1 amide bonds. The number of aromatic nitrogens is 2. The van der Waals surface area contributed by atoms with Crippen molar-refractivity contribution in [2.45, 2.75) is 13.0 Å². The molecule has 3 rings (SSSR count). The fourth-order valence-corrected chi connectivity index (χ4v) is 2.62. The van der Waals surface area contributed by atoms with Crippen LogP contribution in [0.15, 0.2) is 60.9 Å². The SMILES string of the molecule is C[C@@H](O)CNc1ccc(C(=O)Nc2ccc(Cl)c(-c3ccccn3)c2)cn1. The monoisotopic (exact) mass is 382 g/mol. The third-order valence-electron chi connectivity index (χ3n) is 3.77. The van der Waals surface area contributed by atoms with Crippen molar-refractivity contribution in [1.82, 2.24) is 9.97 Å². The predicted octanol–water partition coefficient (Wildman–Crippen LogP) is 3.84. The van der Waals surface area contributed by atoms with Crippen LogP contribution in [-0.4, -0.2) is 33.6 Å². The van der Waals surface area contributed by atoms with Gasteiger partial charge >= 0.3 is 0 Å². The number of benzene rings is 1. The normalized spacial score (nSPS) is 11.7. The van der Waals surface area contributed by atoms with Crippen LogP contribution in [0, 0.1) is 0 Å². The number of nitrogens with zero attached hydrogens (tertiary/aromatic N) is 2. The van der Waals surface area contributed by atoms with Crippen molar-refractivity contribution < 1.29 is 9.90 Å². The fourth-order valence-electron chi connectivity index (χ4n) is 2.41. The molecule has 138 valence electrons. The lowest BCUT2D eigenvalue weighted by Gasteiger charge is -2.10. The highest BCUT2D eigenvalue weighted by molar-refractivity contribution is 6.33. The van der Waals surface area contributed by atoms with Crippen LogP contribution in [0.2, 0.25) is 5.02 Å². The van der Waals surface area contributed by atoms with Crippen LogP contribution in [0.5, 0.6) is 0 Å². The number of carbonyl (C=O) groups is 1. The first-order chi connectivity index (χ1) is 13.0. The number of aliphatic hydroxyl groups excluding tert-OH is 1. The van der Waals surface area contributed by atoms with Crippen molar-refractivity contribution >= 4 is 29.0 Å². The van der Waals surface area contributed by atoms with Gasteiger partial charge in [-0.05, 0) is 49.4 Å². The molecule has 0 unspecified atom stereocenters. The van der Waals surface area contributed by atoms with Gasteiger partial charge in [-0.2, -0.15) is 0 Å². The molecule has 0 fully saturated rings. The van der Waals surface area contributed by atoms with Crippen LogP contribution >= 0.6 is 11.6 Å². The number of hydrogen-bond acceptors (Lipinski definition) is 5. The Balaban J connectivity index is 1.72. The fraction of sp³-hybridized carbons (Fsp3) is 0.150. The van der Waals surface area contributed by atoms with E-state index in [0.29, 0.717) is 28.6 Å². The molecule has 3 aromatic rings. The lowest BCUT2D eigenvalue weighted by atomic mass is 10.1. The Hall–Kier alpha value is -2.96. The zero-order valence-corrected chi connectivity index (χ0v) is 15.4. The maximum absolute atomic E-state index is 12.5. The highest BCUT2D eigenvalue weighted by Gasteiger charge is 2.10. The first kappa shape index (κ1) is 18.8. The smallest absolute Gasteiger partial charge is 0.257 e. The summed E-state index contributed by atoms with van der Waals surface area (Å²) in [7, 11) is 0. The molecule has 0 aliphatic carbocycles. The van der Waals surface area contributed by atoms with E-state index in [9.17, 15) is 9.90 Å². The summed E-state index contributed by atoms with van der Waals surface area (Å²) in [5.41, 5.74) is 2.51. The quantitative estimate of drug-likeness (QED) is 0.603. The Morgan fingerprint density at radius 2 is 2.04 bits per heavy atom. The molecule has 6 nitrogen and oxygen atoms in total. The van der Waals surface area contributed by atoms with E-state index in [1.54, 1.807) is 43.5 Å². The molecule has 0 spiro atoms. The maximum atomic E-state index is 12.5. The van der Waals surface area contributed by atoms with E-state index in [0.717, 1.165) is 11.3 Å². The molecule has 27 heavy (non-hydrogen) atoms. The van der Waals surface area contributed by atoms with Crippen LogP contribution in [0.3, 0.4) is 0 Å². The number of hydrogen-bond donors (Lipinski definition) is 3. The lowest BCUT2D eigenvalue weighted by molar-refractivity contribution is 0.102. The first-order valence-corrected chi connectivity index (χ1v) is 8.81. The molecule has 2 aromatic heterocycles. The van der Waals surface area contributed by atoms with Crippen LogP contribution in [0.25, 0.3) is 11.3 Å². The number of halogens is 1. The summed E-state index contributed by atoms with van der Waals surface area (Å²) in [5.74, 6) is 0.315. The minimum Gasteiger partial charge on any atom is -0.392 e. The standard InChI is InChI=1S/C20H19ClN4O2/c1-13(26)11-23-19-8-5-14(12-24-19)20(27)25-15-6-7-17(21)16(10-15)18-4-2-3-9-22-18/h2-10,12-13,26H,11H2,1H3,(H,23,24)(H,25,27)/t13-/m1/s1. The molecule has 7 heteroatoms. The average Bonchev–Trinajstić information content (AvgIpc) is 2.69. The van der Waals surface area contributed by atoms with Gasteiger partial charge < -0.3 is 15.7 Å². The lowest BCUT2D eigenvalue weighted by Crippen LogP contribution is -2.16. The number of rotatable bonds is 6. The largest absolute Gasteiger partial charge is 0.392 e. The van der Waals surface area contributed by atoms with E-state index in [4.69, 9.17) is 11.6 Å². The van der Waals surface area contributed by atoms with E-state index in [1.165, 1.54) is 6.20 Å². The Bertz CT molecular complexity index is 915. The average molecular weight is 383 g/mol. The zero-order valence-electron chi connectivity index (χ0n) is 14.7. The summed E-state index contributed by atoms with van der Waals surface area (Å²) in [6, 6.07) is 14.2. The molecule has 2 heterocycles. The molecule has 0 aliphatic rings. The molecule has 1 atom stereocenters. The molecular weight excluding hydrogens is 364 g/mol. The zero-order chi connectivity index (χ0) is 19.2. The summed E-state index contributed by atoms with van der Waals surface area (Å²) in [5, 5.41) is 15.7. The number of carbonyl (C=O) groups excluding carboxylic acids is 1. The van der Waals surface area contributed by atoms with E-state index in [-0.39, 0.29) is 5.91 Å². The van der Waals surface area contributed by atoms with Gasteiger partial charge in [-0.3, -0.25) is 9.78 Å². The van der Waals surface area contributed by atoms with Gasteiger partial charge in [0, 0.05) is 30.2 Å².